The van der Waals surface area contributed by atoms with E-state index < -0.39 is 6.04 Å². The van der Waals surface area contributed by atoms with Crippen molar-refractivity contribution in [1.29, 1.82) is 0 Å². The molecule has 0 aliphatic carbocycles. The van der Waals surface area contributed by atoms with E-state index in [-0.39, 0.29) is 11.8 Å². The molecule has 2 amide bonds. The normalized spacial score (nSPS) is 16.9. The summed E-state index contributed by atoms with van der Waals surface area (Å²) in [4.78, 5) is 26.2. The molecule has 1 heterocycles. The molecule has 1 N–H and O–H groups in total. The highest BCUT2D eigenvalue weighted by molar-refractivity contribution is 6.30. The van der Waals surface area contributed by atoms with E-state index in [2.05, 4.69) is 5.32 Å². The molecule has 3 rings (SSSR count). The van der Waals surface area contributed by atoms with Gasteiger partial charge in [-0.15, -0.1) is 0 Å². The number of hydrogen-bond acceptors (Lipinski definition) is 3. The molecular weight excluding hydrogens is 364 g/mol. The lowest BCUT2D eigenvalue weighted by Gasteiger charge is -2.29. The van der Waals surface area contributed by atoms with Crippen LogP contribution in [0.4, 0.5) is 4.79 Å². The van der Waals surface area contributed by atoms with Crippen molar-refractivity contribution >= 4 is 29.5 Å². The molecule has 2 aromatic rings. The Morgan fingerprint density at radius 2 is 1.81 bits per heavy atom. The van der Waals surface area contributed by atoms with Crippen LogP contribution in [0.1, 0.15) is 17.2 Å². The summed E-state index contributed by atoms with van der Waals surface area (Å²) in [6, 6.07) is 13.6. The number of benzene rings is 2. The Kier molecular flexibility index (Phi) is 5.62. The Morgan fingerprint density at radius 1 is 1.15 bits per heavy atom. The molecule has 1 unspecified atom stereocenters. The van der Waals surface area contributed by atoms with Gasteiger partial charge < -0.3 is 15.0 Å². The molecule has 27 heavy (non-hydrogen) atoms. The molecule has 1 aliphatic rings. The minimum Gasteiger partial charge on any atom is -0.497 e. The molecule has 5 nitrogen and oxygen atoms in total. The first-order chi connectivity index (χ1) is 13.0. The second kappa shape index (κ2) is 8.10. The quantitative estimate of drug-likeness (QED) is 0.788. The van der Waals surface area contributed by atoms with Gasteiger partial charge in [-0.3, -0.25) is 4.79 Å². The van der Waals surface area contributed by atoms with Gasteiger partial charge in [0.05, 0.1) is 13.2 Å². The molecule has 0 bridgehead atoms. The third kappa shape index (κ3) is 4.38. The van der Waals surface area contributed by atoms with E-state index in [4.69, 9.17) is 16.3 Å². The molecule has 1 aliphatic heterocycles. The maximum absolute atomic E-state index is 12.8. The molecule has 0 saturated heterocycles. The zero-order valence-corrected chi connectivity index (χ0v) is 15.7. The number of methoxy groups -OCH3 is 1. The van der Waals surface area contributed by atoms with Crippen LogP contribution in [0, 0.1) is 0 Å². The first-order valence-electron chi connectivity index (χ1n) is 8.35. The number of nitrogens with zero attached hydrogens (tertiary/aromatic N) is 1. The summed E-state index contributed by atoms with van der Waals surface area (Å²) in [6.45, 7) is 0. The van der Waals surface area contributed by atoms with E-state index in [9.17, 15) is 9.59 Å². The number of rotatable bonds is 5. The lowest BCUT2D eigenvalue weighted by atomic mass is 9.94. The monoisotopic (exact) mass is 382 g/mol. The SMILES string of the molecule is COc1ccc(/C=C/C(=O)C2=CN(C)C(=O)NC2c2ccc(Cl)cc2)cc1. The van der Waals surface area contributed by atoms with Gasteiger partial charge >= 0.3 is 6.03 Å². The summed E-state index contributed by atoms with van der Waals surface area (Å²) in [5, 5.41) is 3.44. The number of halogens is 1. The van der Waals surface area contributed by atoms with Crippen LogP contribution < -0.4 is 10.1 Å². The van der Waals surface area contributed by atoms with Crippen molar-refractivity contribution in [3.05, 3.63) is 82.5 Å². The Balaban J connectivity index is 1.86. The number of carbonyl (C=O) groups excluding carboxylic acids is 2. The van der Waals surface area contributed by atoms with Gasteiger partial charge in [0.25, 0.3) is 0 Å². The van der Waals surface area contributed by atoms with Crippen molar-refractivity contribution in [3.8, 4) is 5.75 Å². The molecule has 6 heteroatoms. The Bertz CT molecular complexity index is 902. The number of allylic oxidation sites excluding steroid dienone is 1. The standard InChI is InChI=1S/C21H19ClN2O3/c1-24-13-18(19(25)12-5-14-3-10-17(27-2)11-4-14)20(23-21(24)26)15-6-8-16(22)9-7-15/h3-13,20H,1-2H3,(H,23,26)/b12-5+. The third-order valence-electron chi connectivity index (χ3n) is 4.26. The van der Waals surface area contributed by atoms with Gasteiger partial charge in [-0.25, -0.2) is 4.79 Å². The minimum absolute atomic E-state index is 0.183. The van der Waals surface area contributed by atoms with Crippen molar-refractivity contribution in [3.63, 3.8) is 0 Å². The second-order valence-corrected chi connectivity index (χ2v) is 6.54. The molecular formula is C21H19ClN2O3. The van der Waals surface area contributed by atoms with Crippen molar-refractivity contribution in [2.24, 2.45) is 0 Å². The molecule has 2 aromatic carbocycles. The summed E-state index contributed by atoms with van der Waals surface area (Å²) in [7, 11) is 3.21. The summed E-state index contributed by atoms with van der Waals surface area (Å²) in [5.74, 6) is 0.568. The number of carbonyl (C=O) groups is 2. The molecule has 0 radical (unpaired) electrons. The smallest absolute Gasteiger partial charge is 0.321 e. The van der Waals surface area contributed by atoms with Crippen LogP contribution in [0.25, 0.3) is 6.08 Å². The molecule has 1 atom stereocenters. The highest BCUT2D eigenvalue weighted by Crippen LogP contribution is 2.28. The minimum atomic E-state index is -0.529. The van der Waals surface area contributed by atoms with E-state index in [1.165, 1.54) is 11.0 Å². The highest BCUT2D eigenvalue weighted by Gasteiger charge is 2.29. The summed E-state index contributed by atoms with van der Waals surface area (Å²) in [6.07, 6.45) is 4.80. The highest BCUT2D eigenvalue weighted by atomic mass is 35.5. The van der Waals surface area contributed by atoms with Gasteiger partial charge in [0.1, 0.15) is 5.75 Å². The van der Waals surface area contributed by atoms with E-state index in [0.717, 1.165) is 16.9 Å². The van der Waals surface area contributed by atoms with E-state index in [1.807, 2.05) is 24.3 Å². The number of ketones is 1. The molecule has 0 aromatic heterocycles. The van der Waals surface area contributed by atoms with Crippen LogP contribution in [0.5, 0.6) is 5.75 Å². The van der Waals surface area contributed by atoms with Crippen molar-refractivity contribution < 1.29 is 14.3 Å². The average molecular weight is 383 g/mol. The maximum Gasteiger partial charge on any atom is 0.321 e. The van der Waals surface area contributed by atoms with Gasteiger partial charge in [0.15, 0.2) is 5.78 Å². The molecule has 0 spiro atoms. The third-order valence-corrected chi connectivity index (χ3v) is 4.51. The first kappa shape index (κ1) is 18.7. The van der Waals surface area contributed by atoms with Gasteiger partial charge in [-0.2, -0.15) is 0 Å². The summed E-state index contributed by atoms with van der Waals surface area (Å²) < 4.78 is 5.13. The topological polar surface area (TPSA) is 58.6 Å². The fraction of sp³-hybridized carbons (Fsp3) is 0.143. The van der Waals surface area contributed by atoms with Crippen LogP contribution in [0.2, 0.25) is 5.02 Å². The number of hydrogen-bond donors (Lipinski definition) is 1. The van der Waals surface area contributed by atoms with Crippen LogP contribution in [0.3, 0.4) is 0 Å². The van der Waals surface area contributed by atoms with E-state index in [1.54, 1.807) is 50.7 Å². The predicted molar refractivity (Wildman–Crippen MR) is 106 cm³/mol. The fourth-order valence-electron chi connectivity index (χ4n) is 2.75. The first-order valence-corrected chi connectivity index (χ1v) is 8.72. The average Bonchev–Trinajstić information content (AvgIpc) is 2.69. The largest absolute Gasteiger partial charge is 0.497 e. The van der Waals surface area contributed by atoms with Gasteiger partial charge in [0, 0.05) is 23.8 Å². The second-order valence-electron chi connectivity index (χ2n) is 6.10. The summed E-state index contributed by atoms with van der Waals surface area (Å²) >= 11 is 5.94. The molecule has 138 valence electrons. The van der Waals surface area contributed by atoms with Gasteiger partial charge in [-0.1, -0.05) is 41.9 Å². The number of nitrogens with one attached hydrogen (secondary N) is 1. The van der Waals surface area contributed by atoms with Crippen LogP contribution in [-0.2, 0) is 4.79 Å². The van der Waals surface area contributed by atoms with Gasteiger partial charge in [-0.05, 0) is 41.5 Å². The van der Waals surface area contributed by atoms with E-state index >= 15 is 0 Å². The van der Waals surface area contributed by atoms with E-state index in [0.29, 0.717) is 10.6 Å². The lowest BCUT2D eigenvalue weighted by molar-refractivity contribution is -0.111. The zero-order chi connectivity index (χ0) is 19.4. The number of amides is 2. The Morgan fingerprint density at radius 3 is 2.44 bits per heavy atom. The number of urea groups is 1. The van der Waals surface area contributed by atoms with Crippen molar-refractivity contribution in [2.75, 3.05) is 14.2 Å². The van der Waals surface area contributed by atoms with Crippen LogP contribution >= 0.6 is 11.6 Å². The van der Waals surface area contributed by atoms with Crippen LogP contribution in [0.15, 0.2) is 66.4 Å². The lowest BCUT2D eigenvalue weighted by Crippen LogP contribution is -2.43. The molecule has 0 saturated carbocycles. The van der Waals surface area contributed by atoms with Gasteiger partial charge in [0.2, 0.25) is 0 Å². The zero-order valence-electron chi connectivity index (χ0n) is 15.0. The summed E-state index contributed by atoms with van der Waals surface area (Å²) in [5.41, 5.74) is 2.14. The molecule has 0 fully saturated rings. The Labute approximate surface area is 162 Å². The van der Waals surface area contributed by atoms with Crippen LogP contribution in [-0.4, -0.2) is 30.9 Å². The fourth-order valence-corrected chi connectivity index (χ4v) is 2.88. The Hall–Kier alpha value is -3.05. The predicted octanol–water partition coefficient (Wildman–Crippen LogP) is 4.21. The van der Waals surface area contributed by atoms with Crippen molar-refractivity contribution in [1.82, 2.24) is 10.2 Å². The maximum atomic E-state index is 12.8. The number of ether oxygens (including phenoxy) is 1. The van der Waals surface area contributed by atoms with Crippen molar-refractivity contribution in [2.45, 2.75) is 6.04 Å².